The molecule has 18 heavy (non-hydrogen) atoms. The lowest BCUT2D eigenvalue weighted by atomic mass is 9.96. The van der Waals surface area contributed by atoms with Gasteiger partial charge in [-0.15, -0.1) is 0 Å². The molecule has 0 amide bonds. The molecule has 1 aliphatic heterocycles. The first-order valence-electron chi connectivity index (χ1n) is 5.88. The average molecular weight is 260 g/mol. The summed E-state index contributed by atoms with van der Waals surface area (Å²) >= 11 is 0. The molecule has 1 saturated heterocycles. The van der Waals surface area contributed by atoms with Gasteiger partial charge in [-0.2, -0.15) is 13.2 Å². The summed E-state index contributed by atoms with van der Waals surface area (Å²) in [6, 6.07) is 3.47. The maximum atomic E-state index is 12.5. The zero-order chi connectivity index (χ0) is 13.2. The second kappa shape index (κ2) is 5.14. The van der Waals surface area contributed by atoms with Crippen molar-refractivity contribution >= 4 is 5.69 Å². The third-order valence-corrected chi connectivity index (χ3v) is 3.29. The number of aliphatic hydroxyl groups excluding tert-OH is 1. The Balaban J connectivity index is 2.01. The van der Waals surface area contributed by atoms with Gasteiger partial charge in [0.05, 0.1) is 18.2 Å². The number of anilines is 1. The van der Waals surface area contributed by atoms with Crippen molar-refractivity contribution in [3.05, 3.63) is 24.0 Å². The van der Waals surface area contributed by atoms with Gasteiger partial charge in [0, 0.05) is 25.0 Å². The van der Waals surface area contributed by atoms with Gasteiger partial charge >= 0.3 is 6.18 Å². The molecule has 0 unspecified atom stereocenters. The highest BCUT2D eigenvalue weighted by atomic mass is 19.4. The van der Waals surface area contributed by atoms with E-state index in [0.717, 1.165) is 5.69 Å². The Bertz CT molecular complexity index is 401. The number of nitrogens with zero attached hydrogens (tertiary/aromatic N) is 2. The zero-order valence-electron chi connectivity index (χ0n) is 9.82. The van der Waals surface area contributed by atoms with Crippen molar-refractivity contribution in [2.24, 2.45) is 5.92 Å². The van der Waals surface area contributed by atoms with E-state index in [9.17, 15) is 13.2 Å². The first-order valence-corrected chi connectivity index (χ1v) is 5.88. The molecule has 0 radical (unpaired) electrons. The molecule has 0 aliphatic carbocycles. The lowest BCUT2D eigenvalue weighted by Crippen LogP contribution is -2.39. The molecule has 6 heteroatoms. The summed E-state index contributed by atoms with van der Waals surface area (Å²) in [4.78, 5) is 5.86. The molecule has 0 atom stereocenters. The van der Waals surface area contributed by atoms with E-state index in [1.807, 2.05) is 4.90 Å². The van der Waals surface area contributed by atoms with Crippen LogP contribution in [-0.2, 0) is 6.61 Å². The van der Waals surface area contributed by atoms with Gasteiger partial charge < -0.3 is 10.0 Å². The number of piperidine rings is 1. The van der Waals surface area contributed by atoms with E-state index < -0.39 is 12.1 Å². The number of aliphatic hydroxyl groups is 1. The van der Waals surface area contributed by atoms with Crippen molar-refractivity contribution in [2.45, 2.75) is 25.6 Å². The number of halogens is 3. The molecule has 0 saturated carbocycles. The summed E-state index contributed by atoms with van der Waals surface area (Å²) in [6.07, 6.45) is -2.27. The molecule has 0 bridgehead atoms. The highest BCUT2D eigenvalue weighted by Crippen LogP contribution is 2.35. The van der Waals surface area contributed by atoms with E-state index in [0.29, 0.717) is 18.8 Å². The minimum absolute atomic E-state index is 0.125. The van der Waals surface area contributed by atoms with E-state index in [1.165, 1.54) is 0 Å². The van der Waals surface area contributed by atoms with Crippen LogP contribution in [-0.4, -0.2) is 29.4 Å². The first-order chi connectivity index (χ1) is 8.50. The maximum absolute atomic E-state index is 12.5. The van der Waals surface area contributed by atoms with Gasteiger partial charge in [0.2, 0.25) is 0 Å². The van der Waals surface area contributed by atoms with E-state index in [2.05, 4.69) is 4.98 Å². The molecule has 100 valence electrons. The molecule has 3 nitrogen and oxygen atoms in total. The van der Waals surface area contributed by atoms with E-state index in [1.54, 1.807) is 18.3 Å². The minimum atomic E-state index is -4.08. The average Bonchev–Trinajstić information content (AvgIpc) is 2.38. The van der Waals surface area contributed by atoms with Gasteiger partial charge in [0.15, 0.2) is 0 Å². The van der Waals surface area contributed by atoms with Gasteiger partial charge in [-0.05, 0) is 25.0 Å². The third kappa shape index (κ3) is 2.93. The Labute approximate surface area is 103 Å². The smallest absolute Gasteiger partial charge is 0.390 e. The number of alkyl halides is 3. The van der Waals surface area contributed by atoms with Crippen LogP contribution < -0.4 is 4.90 Å². The summed E-state index contributed by atoms with van der Waals surface area (Å²) in [7, 11) is 0. The predicted molar refractivity (Wildman–Crippen MR) is 61.2 cm³/mol. The lowest BCUT2D eigenvalue weighted by Gasteiger charge is -2.34. The Morgan fingerprint density at radius 2 is 2.00 bits per heavy atom. The monoisotopic (exact) mass is 260 g/mol. The van der Waals surface area contributed by atoms with Crippen molar-refractivity contribution in [3.63, 3.8) is 0 Å². The summed E-state index contributed by atoms with van der Waals surface area (Å²) in [6.45, 7) is 0.616. The SMILES string of the molecule is OCc1cc(N2CCC(C(F)(F)F)CC2)ccn1. The van der Waals surface area contributed by atoms with E-state index in [4.69, 9.17) is 5.11 Å². The van der Waals surface area contributed by atoms with Gasteiger partial charge in [-0.1, -0.05) is 0 Å². The maximum Gasteiger partial charge on any atom is 0.391 e. The fourth-order valence-corrected chi connectivity index (χ4v) is 2.21. The zero-order valence-corrected chi connectivity index (χ0v) is 9.82. The highest BCUT2D eigenvalue weighted by molar-refractivity contribution is 5.46. The molecule has 0 spiro atoms. The van der Waals surface area contributed by atoms with Crippen molar-refractivity contribution < 1.29 is 18.3 Å². The Morgan fingerprint density at radius 1 is 1.33 bits per heavy atom. The standard InChI is InChI=1S/C12H15F3N2O/c13-12(14,15)9-2-5-17(6-3-9)11-1-4-16-10(7-11)8-18/h1,4,7,9,18H,2-3,5-6,8H2. The van der Waals surface area contributed by atoms with Crippen LogP contribution in [0.25, 0.3) is 0 Å². The molecule has 1 aliphatic rings. The summed E-state index contributed by atoms with van der Waals surface area (Å²) in [5.74, 6) is -1.19. The van der Waals surface area contributed by atoms with Gasteiger partial charge in [-0.3, -0.25) is 4.98 Å². The fraction of sp³-hybridized carbons (Fsp3) is 0.583. The molecular formula is C12H15F3N2O. The van der Waals surface area contributed by atoms with E-state index in [-0.39, 0.29) is 19.4 Å². The van der Waals surface area contributed by atoms with Crippen LogP contribution in [0.1, 0.15) is 18.5 Å². The normalized spacial score (nSPS) is 18.1. The Morgan fingerprint density at radius 3 is 2.56 bits per heavy atom. The molecule has 1 N–H and O–H groups in total. The van der Waals surface area contributed by atoms with Gasteiger partial charge in [0.25, 0.3) is 0 Å². The highest BCUT2D eigenvalue weighted by Gasteiger charge is 2.41. The molecule has 1 fully saturated rings. The van der Waals surface area contributed by atoms with Gasteiger partial charge in [-0.25, -0.2) is 0 Å². The van der Waals surface area contributed by atoms with Crippen molar-refractivity contribution in [1.82, 2.24) is 4.98 Å². The van der Waals surface area contributed by atoms with Crippen molar-refractivity contribution in [3.8, 4) is 0 Å². The van der Waals surface area contributed by atoms with Crippen molar-refractivity contribution in [1.29, 1.82) is 0 Å². The molecular weight excluding hydrogens is 245 g/mol. The summed E-state index contributed by atoms with van der Waals surface area (Å²) in [5.41, 5.74) is 1.36. The molecule has 1 aromatic heterocycles. The largest absolute Gasteiger partial charge is 0.391 e. The molecule has 0 aromatic carbocycles. The molecule has 1 aromatic rings. The van der Waals surface area contributed by atoms with Crippen LogP contribution in [0.5, 0.6) is 0 Å². The van der Waals surface area contributed by atoms with Crippen LogP contribution in [0.4, 0.5) is 18.9 Å². The van der Waals surface area contributed by atoms with Crippen LogP contribution >= 0.6 is 0 Å². The van der Waals surface area contributed by atoms with Crippen LogP contribution in [0.15, 0.2) is 18.3 Å². The number of hydrogen-bond acceptors (Lipinski definition) is 3. The van der Waals surface area contributed by atoms with Gasteiger partial charge in [0.1, 0.15) is 0 Å². The second-order valence-corrected chi connectivity index (χ2v) is 4.47. The molecule has 2 rings (SSSR count). The number of pyridine rings is 1. The lowest BCUT2D eigenvalue weighted by molar-refractivity contribution is -0.179. The van der Waals surface area contributed by atoms with E-state index >= 15 is 0 Å². The summed E-state index contributed by atoms with van der Waals surface area (Å²) < 4.78 is 37.6. The summed E-state index contributed by atoms with van der Waals surface area (Å²) in [5, 5.41) is 8.98. The molecule has 2 heterocycles. The van der Waals surface area contributed by atoms with Crippen LogP contribution in [0.2, 0.25) is 0 Å². The van der Waals surface area contributed by atoms with Crippen LogP contribution in [0.3, 0.4) is 0 Å². The fourth-order valence-electron chi connectivity index (χ4n) is 2.21. The number of hydrogen-bond donors (Lipinski definition) is 1. The topological polar surface area (TPSA) is 36.4 Å². The van der Waals surface area contributed by atoms with Crippen molar-refractivity contribution in [2.75, 3.05) is 18.0 Å². The minimum Gasteiger partial charge on any atom is -0.390 e. The Kier molecular flexibility index (Phi) is 3.75. The first kappa shape index (κ1) is 13.1. The predicted octanol–water partition coefficient (Wildman–Crippen LogP) is 2.35. The number of rotatable bonds is 2. The van der Waals surface area contributed by atoms with Crippen LogP contribution in [0, 0.1) is 5.92 Å². The second-order valence-electron chi connectivity index (χ2n) is 4.47. The quantitative estimate of drug-likeness (QED) is 0.886. The number of aromatic nitrogens is 1. The third-order valence-electron chi connectivity index (χ3n) is 3.29. The Hall–Kier alpha value is -1.30.